The van der Waals surface area contributed by atoms with Crippen molar-refractivity contribution in [2.24, 2.45) is 0 Å². The molecule has 0 bridgehead atoms. The van der Waals surface area contributed by atoms with Crippen LogP contribution < -0.4 is 14.8 Å². The number of nitrogens with one attached hydrogen (secondary N) is 1. The molecule has 31 heavy (non-hydrogen) atoms. The Morgan fingerprint density at radius 3 is 2.16 bits per heavy atom. The maximum absolute atomic E-state index is 12.6. The van der Waals surface area contributed by atoms with Gasteiger partial charge in [-0.15, -0.1) is 0 Å². The molecule has 8 heteroatoms. The van der Waals surface area contributed by atoms with Gasteiger partial charge in [0.1, 0.15) is 11.5 Å². The molecule has 0 aromatic heterocycles. The van der Waals surface area contributed by atoms with Crippen LogP contribution in [0.15, 0.2) is 47.4 Å². The molecule has 1 N–H and O–H groups in total. The molecule has 0 aliphatic carbocycles. The molecule has 2 aromatic rings. The lowest BCUT2D eigenvalue weighted by atomic mass is 10.1. The number of benzene rings is 2. The Balaban J connectivity index is 2.02. The summed E-state index contributed by atoms with van der Waals surface area (Å²) in [4.78, 5) is 12.8. The van der Waals surface area contributed by atoms with Crippen molar-refractivity contribution in [3.05, 3.63) is 48.0 Å². The topological polar surface area (TPSA) is 84.9 Å². The van der Waals surface area contributed by atoms with Crippen LogP contribution in [0.4, 0.5) is 5.69 Å². The van der Waals surface area contributed by atoms with Gasteiger partial charge < -0.3 is 14.8 Å². The van der Waals surface area contributed by atoms with E-state index < -0.39 is 10.0 Å². The Labute approximate surface area is 185 Å². The van der Waals surface area contributed by atoms with E-state index in [1.54, 1.807) is 42.5 Å². The zero-order valence-electron chi connectivity index (χ0n) is 18.7. The molecule has 0 heterocycles. The first-order valence-electron chi connectivity index (χ1n) is 10.6. The van der Waals surface area contributed by atoms with Crippen molar-refractivity contribution in [2.75, 3.05) is 31.6 Å². The molecule has 2 aromatic carbocycles. The number of amides is 1. The second-order valence-corrected chi connectivity index (χ2v) is 8.74. The maximum Gasteiger partial charge on any atom is 0.243 e. The van der Waals surface area contributed by atoms with Crippen LogP contribution in [0.2, 0.25) is 0 Å². The van der Waals surface area contributed by atoms with Gasteiger partial charge in [-0.1, -0.05) is 26.0 Å². The van der Waals surface area contributed by atoms with Crippen LogP contribution in [0.1, 0.15) is 39.7 Å². The highest BCUT2D eigenvalue weighted by Gasteiger charge is 2.21. The summed E-state index contributed by atoms with van der Waals surface area (Å²) in [5, 5.41) is 2.88. The van der Waals surface area contributed by atoms with Crippen LogP contribution in [0, 0.1) is 0 Å². The van der Waals surface area contributed by atoms with Crippen LogP contribution in [-0.2, 0) is 21.2 Å². The molecule has 0 saturated carbocycles. The van der Waals surface area contributed by atoms with Crippen molar-refractivity contribution in [1.82, 2.24) is 4.31 Å². The quantitative estimate of drug-likeness (QED) is 0.529. The second-order valence-electron chi connectivity index (χ2n) is 6.81. The smallest absolute Gasteiger partial charge is 0.243 e. The van der Waals surface area contributed by atoms with Crippen molar-refractivity contribution in [3.63, 3.8) is 0 Å². The molecule has 0 atom stereocenters. The highest BCUT2D eigenvalue weighted by atomic mass is 32.2. The third kappa shape index (κ3) is 6.70. The van der Waals surface area contributed by atoms with Crippen LogP contribution in [-0.4, -0.2) is 44.9 Å². The van der Waals surface area contributed by atoms with Crippen molar-refractivity contribution < 1.29 is 22.7 Å². The summed E-state index contributed by atoms with van der Waals surface area (Å²) < 4.78 is 37.7. The molecule has 0 aliphatic heterocycles. The molecule has 0 saturated heterocycles. The van der Waals surface area contributed by atoms with Gasteiger partial charge in [-0.25, -0.2) is 8.42 Å². The molecule has 1 amide bonds. The number of rotatable bonds is 12. The normalized spacial score (nSPS) is 11.4. The van der Waals surface area contributed by atoms with Crippen LogP contribution in [0.5, 0.6) is 11.5 Å². The number of hydrogen-bond donors (Lipinski definition) is 1. The van der Waals surface area contributed by atoms with Gasteiger partial charge in [0.15, 0.2) is 0 Å². The van der Waals surface area contributed by atoms with Gasteiger partial charge in [0.25, 0.3) is 0 Å². The highest BCUT2D eigenvalue weighted by molar-refractivity contribution is 7.89. The third-order valence-electron chi connectivity index (χ3n) is 4.74. The molecule has 0 fully saturated rings. The van der Waals surface area contributed by atoms with Gasteiger partial charge in [0, 0.05) is 25.6 Å². The van der Waals surface area contributed by atoms with Crippen molar-refractivity contribution in [1.29, 1.82) is 0 Å². The van der Waals surface area contributed by atoms with E-state index >= 15 is 0 Å². The number of anilines is 1. The summed E-state index contributed by atoms with van der Waals surface area (Å²) in [5.74, 6) is 1.09. The average molecular weight is 449 g/mol. The van der Waals surface area contributed by atoms with E-state index in [4.69, 9.17) is 9.47 Å². The lowest BCUT2D eigenvalue weighted by molar-refractivity contribution is -0.116. The van der Waals surface area contributed by atoms with Gasteiger partial charge in [-0.2, -0.15) is 4.31 Å². The summed E-state index contributed by atoms with van der Waals surface area (Å²) in [6.07, 6.45) is 0.749. The maximum atomic E-state index is 12.6. The van der Waals surface area contributed by atoms with Gasteiger partial charge in [0.2, 0.25) is 15.9 Å². The molecular formula is C23H32N2O5S. The van der Waals surface area contributed by atoms with Gasteiger partial charge in [-0.3, -0.25) is 4.79 Å². The molecule has 2 rings (SSSR count). The zero-order chi connectivity index (χ0) is 22.9. The first-order chi connectivity index (χ1) is 14.8. The second kappa shape index (κ2) is 11.7. The number of carbonyl (C=O) groups is 1. The fourth-order valence-corrected chi connectivity index (χ4v) is 4.61. The summed E-state index contributed by atoms with van der Waals surface area (Å²) in [7, 11) is -3.48. The lowest BCUT2D eigenvalue weighted by Crippen LogP contribution is -2.30. The highest BCUT2D eigenvalue weighted by Crippen LogP contribution is 2.29. The number of aryl methyl sites for hydroxylation is 1. The number of nitrogens with zero attached hydrogens (tertiary/aromatic N) is 1. The predicted molar refractivity (Wildman–Crippen MR) is 122 cm³/mol. The summed E-state index contributed by atoms with van der Waals surface area (Å²) in [6, 6.07) is 12.0. The Morgan fingerprint density at radius 1 is 0.935 bits per heavy atom. The Kier molecular flexibility index (Phi) is 9.33. The Hall–Kier alpha value is -2.58. The first-order valence-corrected chi connectivity index (χ1v) is 12.1. The summed E-state index contributed by atoms with van der Waals surface area (Å²) in [6.45, 7) is 9.27. The minimum atomic E-state index is -3.48. The van der Waals surface area contributed by atoms with E-state index in [-0.39, 0.29) is 17.2 Å². The lowest BCUT2D eigenvalue weighted by Gasteiger charge is -2.18. The molecule has 0 aliphatic rings. The minimum absolute atomic E-state index is 0.158. The van der Waals surface area contributed by atoms with E-state index in [0.29, 0.717) is 49.9 Å². The molecule has 0 spiro atoms. The van der Waals surface area contributed by atoms with E-state index in [0.717, 1.165) is 5.56 Å². The minimum Gasteiger partial charge on any atom is -0.494 e. The van der Waals surface area contributed by atoms with Gasteiger partial charge >= 0.3 is 0 Å². The predicted octanol–water partition coefficient (Wildman–Crippen LogP) is 4.09. The largest absolute Gasteiger partial charge is 0.494 e. The molecule has 0 radical (unpaired) electrons. The first kappa shape index (κ1) is 24.7. The van der Waals surface area contributed by atoms with Crippen LogP contribution >= 0.6 is 0 Å². The SMILES string of the molecule is CCOc1ccc(OCC)c(NC(=O)CCc2ccc(S(=O)(=O)N(CC)CC)cc2)c1. The zero-order valence-corrected chi connectivity index (χ0v) is 19.5. The number of ether oxygens (including phenoxy) is 2. The van der Waals surface area contributed by atoms with Crippen LogP contribution in [0.3, 0.4) is 0 Å². The molecule has 170 valence electrons. The van der Waals surface area contributed by atoms with Crippen molar-refractivity contribution in [2.45, 2.75) is 45.4 Å². The fourth-order valence-electron chi connectivity index (χ4n) is 3.16. The number of hydrogen-bond acceptors (Lipinski definition) is 5. The monoisotopic (exact) mass is 448 g/mol. The van der Waals surface area contributed by atoms with Gasteiger partial charge in [-0.05, 0) is 50.1 Å². The van der Waals surface area contributed by atoms with E-state index in [1.807, 2.05) is 27.7 Å². The number of sulfonamides is 1. The third-order valence-corrected chi connectivity index (χ3v) is 6.81. The van der Waals surface area contributed by atoms with E-state index in [2.05, 4.69) is 5.32 Å². The van der Waals surface area contributed by atoms with E-state index in [9.17, 15) is 13.2 Å². The van der Waals surface area contributed by atoms with E-state index in [1.165, 1.54) is 4.31 Å². The number of carbonyl (C=O) groups excluding carboxylic acids is 1. The summed E-state index contributed by atoms with van der Waals surface area (Å²) >= 11 is 0. The fraction of sp³-hybridized carbons (Fsp3) is 0.435. The Morgan fingerprint density at radius 2 is 1.58 bits per heavy atom. The van der Waals surface area contributed by atoms with Crippen LogP contribution in [0.25, 0.3) is 0 Å². The van der Waals surface area contributed by atoms with Gasteiger partial charge in [0.05, 0.1) is 23.8 Å². The Bertz CT molecular complexity index is 954. The van der Waals surface area contributed by atoms with Crippen molar-refractivity contribution in [3.8, 4) is 11.5 Å². The molecule has 7 nitrogen and oxygen atoms in total. The molecule has 0 unspecified atom stereocenters. The average Bonchev–Trinajstić information content (AvgIpc) is 2.75. The van der Waals surface area contributed by atoms with Crippen molar-refractivity contribution >= 4 is 21.6 Å². The summed E-state index contributed by atoms with van der Waals surface area (Å²) in [5.41, 5.74) is 1.46. The standard InChI is InChI=1S/C23H32N2O5S/c1-5-25(6-2)31(27,28)20-13-9-18(10-14-20)11-16-23(26)24-21-17-19(29-7-3)12-15-22(21)30-8-4/h9-10,12-15,17H,5-8,11,16H2,1-4H3,(H,24,26). The molecular weight excluding hydrogens is 416 g/mol.